The molecule has 2 N–H and O–H groups in total. The van der Waals surface area contributed by atoms with E-state index < -0.39 is 0 Å². The molecule has 0 fully saturated rings. The van der Waals surface area contributed by atoms with Gasteiger partial charge in [0.2, 0.25) is 0 Å². The Bertz CT molecular complexity index is 268. The van der Waals surface area contributed by atoms with E-state index in [4.69, 9.17) is 5.73 Å². The maximum absolute atomic E-state index is 5.75. The van der Waals surface area contributed by atoms with Crippen LogP contribution in [0.5, 0.6) is 0 Å². The summed E-state index contributed by atoms with van der Waals surface area (Å²) in [5.74, 6) is 0.666. The minimum Gasteiger partial charge on any atom is -0.382 e. The quantitative estimate of drug-likeness (QED) is 0.786. The molecule has 0 saturated carbocycles. The third-order valence-corrected chi connectivity index (χ3v) is 3.78. The molecule has 0 amide bonds. The Kier molecular flexibility index (Phi) is 3.87. The number of aromatic nitrogens is 1. The molecule has 1 rings (SSSR count). The highest BCUT2D eigenvalue weighted by Crippen LogP contribution is 2.37. The van der Waals surface area contributed by atoms with Gasteiger partial charge in [0.15, 0.2) is 5.82 Å². The molecular formula is C8H15N3S2. The molecule has 1 aromatic rings. The maximum atomic E-state index is 5.75. The van der Waals surface area contributed by atoms with Crippen molar-refractivity contribution in [2.75, 3.05) is 30.0 Å². The molecule has 0 atom stereocenters. The molecule has 1 aromatic heterocycles. The molecule has 0 aromatic carbocycles. The van der Waals surface area contributed by atoms with E-state index in [1.54, 1.807) is 11.8 Å². The third-order valence-electron chi connectivity index (χ3n) is 1.91. The summed E-state index contributed by atoms with van der Waals surface area (Å²) in [7, 11) is 0. The van der Waals surface area contributed by atoms with Crippen molar-refractivity contribution in [3.05, 3.63) is 0 Å². The van der Waals surface area contributed by atoms with Crippen LogP contribution in [0.1, 0.15) is 13.8 Å². The Morgan fingerprint density at radius 1 is 1.46 bits per heavy atom. The highest BCUT2D eigenvalue weighted by atomic mass is 32.2. The van der Waals surface area contributed by atoms with E-state index in [9.17, 15) is 0 Å². The van der Waals surface area contributed by atoms with Crippen LogP contribution in [-0.2, 0) is 0 Å². The summed E-state index contributed by atoms with van der Waals surface area (Å²) >= 11 is 3.16. The molecule has 0 spiro atoms. The average molecular weight is 217 g/mol. The van der Waals surface area contributed by atoms with Crippen LogP contribution in [-0.4, -0.2) is 23.7 Å². The lowest BCUT2D eigenvalue weighted by atomic mass is 10.5. The average Bonchev–Trinajstić information content (AvgIpc) is 2.50. The van der Waals surface area contributed by atoms with Crippen LogP contribution in [0.4, 0.5) is 10.8 Å². The predicted molar refractivity (Wildman–Crippen MR) is 61.9 cm³/mol. The number of rotatable bonds is 4. The minimum absolute atomic E-state index is 0.666. The molecule has 0 unspecified atom stereocenters. The number of nitrogens with two attached hydrogens (primary N) is 1. The highest BCUT2D eigenvalue weighted by Gasteiger charge is 2.14. The fourth-order valence-corrected chi connectivity index (χ4v) is 3.00. The second-order valence-corrected chi connectivity index (χ2v) is 4.15. The molecular weight excluding hydrogens is 202 g/mol. The lowest BCUT2D eigenvalue weighted by Gasteiger charge is -2.19. The van der Waals surface area contributed by atoms with Crippen molar-refractivity contribution in [3.63, 3.8) is 0 Å². The first-order valence-electron chi connectivity index (χ1n) is 4.28. The predicted octanol–water partition coefficient (Wildman–Crippen LogP) is 2.29. The summed E-state index contributed by atoms with van der Waals surface area (Å²) in [5.41, 5.74) is 5.75. The normalized spacial score (nSPS) is 10.4. The van der Waals surface area contributed by atoms with Crippen LogP contribution >= 0.6 is 23.3 Å². The van der Waals surface area contributed by atoms with Crippen LogP contribution in [0.25, 0.3) is 0 Å². The number of hydrogen-bond acceptors (Lipinski definition) is 5. The summed E-state index contributed by atoms with van der Waals surface area (Å²) in [6.07, 6.45) is 2.03. The monoisotopic (exact) mass is 217 g/mol. The summed E-state index contributed by atoms with van der Waals surface area (Å²) in [4.78, 5) is 3.40. The van der Waals surface area contributed by atoms with E-state index in [1.807, 2.05) is 6.26 Å². The Morgan fingerprint density at radius 3 is 2.54 bits per heavy atom. The fraction of sp³-hybridized carbons (Fsp3) is 0.625. The number of hydrogen-bond donors (Lipinski definition) is 1. The van der Waals surface area contributed by atoms with E-state index in [1.165, 1.54) is 16.5 Å². The molecule has 1 heterocycles. The Labute approximate surface area is 87.5 Å². The smallest absolute Gasteiger partial charge is 0.153 e. The molecule has 5 heteroatoms. The van der Waals surface area contributed by atoms with E-state index in [0.29, 0.717) is 5.82 Å². The van der Waals surface area contributed by atoms with Gasteiger partial charge in [0.1, 0.15) is 5.00 Å². The van der Waals surface area contributed by atoms with Crippen LogP contribution in [0.3, 0.4) is 0 Å². The Morgan fingerprint density at radius 2 is 2.08 bits per heavy atom. The van der Waals surface area contributed by atoms with Crippen LogP contribution in [0.15, 0.2) is 4.90 Å². The third kappa shape index (κ3) is 2.08. The molecule has 0 aliphatic rings. The molecule has 3 nitrogen and oxygen atoms in total. The summed E-state index contributed by atoms with van der Waals surface area (Å²) in [6, 6.07) is 0. The van der Waals surface area contributed by atoms with E-state index in [0.717, 1.165) is 18.0 Å². The fourth-order valence-electron chi connectivity index (χ4n) is 1.19. The zero-order valence-corrected chi connectivity index (χ0v) is 9.84. The lowest BCUT2D eigenvalue weighted by Crippen LogP contribution is -2.21. The first-order valence-corrected chi connectivity index (χ1v) is 6.28. The Hall–Kier alpha value is -0.420. The van der Waals surface area contributed by atoms with Crippen molar-refractivity contribution >= 4 is 34.1 Å². The van der Waals surface area contributed by atoms with Gasteiger partial charge in [-0.2, -0.15) is 4.37 Å². The zero-order valence-electron chi connectivity index (χ0n) is 8.20. The van der Waals surface area contributed by atoms with E-state index >= 15 is 0 Å². The van der Waals surface area contributed by atoms with Crippen LogP contribution in [0.2, 0.25) is 0 Å². The van der Waals surface area contributed by atoms with Gasteiger partial charge in [-0.25, -0.2) is 0 Å². The van der Waals surface area contributed by atoms with Gasteiger partial charge in [0.25, 0.3) is 0 Å². The van der Waals surface area contributed by atoms with Gasteiger partial charge in [0, 0.05) is 13.1 Å². The molecule has 0 aliphatic carbocycles. The van der Waals surface area contributed by atoms with Crippen LogP contribution in [0, 0.1) is 0 Å². The van der Waals surface area contributed by atoms with Gasteiger partial charge < -0.3 is 10.6 Å². The van der Waals surface area contributed by atoms with Crippen molar-refractivity contribution in [2.24, 2.45) is 0 Å². The highest BCUT2D eigenvalue weighted by molar-refractivity contribution is 7.99. The molecule has 0 aliphatic heterocycles. The second-order valence-electron chi connectivity index (χ2n) is 2.58. The van der Waals surface area contributed by atoms with Crippen molar-refractivity contribution in [3.8, 4) is 0 Å². The second kappa shape index (κ2) is 4.72. The van der Waals surface area contributed by atoms with Crippen molar-refractivity contribution in [2.45, 2.75) is 18.7 Å². The zero-order chi connectivity index (χ0) is 9.84. The molecule has 0 radical (unpaired) electrons. The largest absolute Gasteiger partial charge is 0.382 e. The van der Waals surface area contributed by atoms with E-state index in [2.05, 4.69) is 23.1 Å². The SMILES string of the molecule is CCN(CC)c1snc(N)c1SC. The van der Waals surface area contributed by atoms with Crippen molar-refractivity contribution in [1.29, 1.82) is 0 Å². The number of nitrogens with zero attached hydrogens (tertiary/aromatic N) is 2. The number of thioether (sulfide) groups is 1. The van der Waals surface area contributed by atoms with Gasteiger partial charge in [-0.15, -0.1) is 11.8 Å². The van der Waals surface area contributed by atoms with Gasteiger partial charge in [-0.1, -0.05) is 0 Å². The maximum Gasteiger partial charge on any atom is 0.153 e. The number of anilines is 2. The topological polar surface area (TPSA) is 42.2 Å². The molecule has 0 saturated heterocycles. The summed E-state index contributed by atoms with van der Waals surface area (Å²) < 4.78 is 4.16. The van der Waals surface area contributed by atoms with Crippen molar-refractivity contribution < 1.29 is 0 Å². The standard InChI is InChI=1S/C8H15N3S2/c1-4-11(5-2)8-6(12-3)7(9)10-13-8/h4-5H2,1-3H3,(H2,9,10). The first kappa shape index (κ1) is 10.7. The minimum atomic E-state index is 0.666. The van der Waals surface area contributed by atoms with Gasteiger partial charge in [-0.3, -0.25) is 0 Å². The van der Waals surface area contributed by atoms with Gasteiger partial charge >= 0.3 is 0 Å². The lowest BCUT2D eigenvalue weighted by molar-refractivity contribution is 0.868. The Balaban J connectivity index is 2.98. The van der Waals surface area contributed by atoms with Gasteiger partial charge in [0.05, 0.1) is 4.90 Å². The molecule has 0 bridgehead atoms. The molecule has 74 valence electrons. The van der Waals surface area contributed by atoms with Gasteiger partial charge in [-0.05, 0) is 31.6 Å². The summed E-state index contributed by atoms with van der Waals surface area (Å²) in [5, 5.41) is 1.20. The summed E-state index contributed by atoms with van der Waals surface area (Å²) in [6.45, 7) is 6.30. The first-order chi connectivity index (χ1) is 6.24. The molecule has 13 heavy (non-hydrogen) atoms. The number of nitrogen functional groups attached to an aromatic ring is 1. The van der Waals surface area contributed by atoms with E-state index in [-0.39, 0.29) is 0 Å². The van der Waals surface area contributed by atoms with Crippen molar-refractivity contribution in [1.82, 2.24) is 4.37 Å². The van der Waals surface area contributed by atoms with Crippen LogP contribution < -0.4 is 10.6 Å².